The Morgan fingerprint density at radius 1 is 1.05 bits per heavy atom. The maximum atomic E-state index is 12.5. The van der Waals surface area contributed by atoms with Crippen LogP contribution in [0.25, 0.3) is 0 Å². The summed E-state index contributed by atoms with van der Waals surface area (Å²) in [6.45, 7) is 0.727. The lowest BCUT2D eigenvalue weighted by molar-refractivity contribution is -0.150. The second kappa shape index (κ2) is 5.69. The first-order valence-electron chi connectivity index (χ1n) is 6.82. The summed E-state index contributed by atoms with van der Waals surface area (Å²) >= 11 is 0. The largest absolute Gasteiger partial charge is 0.480 e. The molecule has 2 heterocycles. The highest BCUT2D eigenvalue weighted by molar-refractivity contribution is 7.88. The predicted octanol–water partition coefficient (Wildman–Crippen LogP) is -0.124. The van der Waals surface area contributed by atoms with Crippen LogP contribution in [0.5, 0.6) is 0 Å². The van der Waals surface area contributed by atoms with E-state index in [1.54, 1.807) is 0 Å². The summed E-state index contributed by atoms with van der Waals surface area (Å²) in [6.07, 6.45) is 4.17. The molecule has 2 aliphatic heterocycles. The molecular weight excluding hydrogens is 284 g/mol. The van der Waals surface area contributed by atoms with Crippen molar-refractivity contribution in [1.29, 1.82) is 0 Å². The molecule has 2 saturated heterocycles. The number of likely N-dealkylation sites (tertiary alicyclic amines) is 1. The zero-order valence-electron chi connectivity index (χ0n) is 11.5. The second-order valence-electron chi connectivity index (χ2n) is 5.41. The summed E-state index contributed by atoms with van der Waals surface area (Å²) in [5.41, 5.74) is 0. The Kier molecular flexibility index (Phi) is 4.33. The molecule has 114 valence electrons. The van der Waals surface area contributed by atoms with Gasteiger partial charge in [-0.25, -0.2) is 13.2 Å². The molecule has 0 aromatic rings. The number of hydrogen-bond donors (Lipinski definition) is 1. The third-order valence-electron chi connectivity index (χ3n) is 3.99. The number of hydrogen-bond acceptors (Lipinski definition) is 4. The monoisotopic (exact) mass is 304 g/mol. The molecule has 20 heavy (non-hydrogen) atoms. The average molecular weight is 304 g/mol. The van der Waals surface area contributed by atoms with E-state index in [2.05, 4.69) is 0 Å². The maximum absolute atomic E-state index is 12.5. The first-order valence-corrected chi connectivity index (χ1v) is 8.67. The van der Waals surface area contributed by atoms with Crippen LogP contribution in [0.4, 0.5) is 0 Å². The fraction of sp³-hybridized carbons (Fsp3) is 0.833. The number of sulfonamides is 1. The Morgan fingerprint density at radius 2 is 1.70 bits per heavy atom. The number of nitrogens with zero attached hydrogens (tertiary/aromatic N) is 2. The van der Waals surface area contributed by atoms with Gasteiger partial charge in [-0.15, -0.1) is 0 Å². The average Bonchev–Trinajstić information content (AvgIpc) is 2.86. The van der Waals surface area contributed by atoms with E-state index in [1.807, 2.05) is 0 Å². The minimum Gasteiger partial charge on any atom is -0.480 e. The summed E-state index contributed by atoms with van der Waals surface area (Å²) in [6, 6.07) is -1.55. The van der Waals surface area contributed by atoms with Gasteiger partial charge in [0.05, 0.1) is 6.26 Å². The third-order valence-corrected chi connectivity index (χ3v) is 5.27. The topological polar surface area (TPSA) is 95.0 Å². The van der Waals surface area contributed by atoms with Gasteiger partial charge >= 0.3 is 5.97 Å². The first kappa shape index (κ1) is 15.2. The van der Waals surface area contributed by atoms with Crippen LogP contribution in [-0.2, 0) is 19.6 Å². The summed E-state index contributed by atoms with van der Waals surface area (Å²) in [7, 11) is -3.45. The van der Waals surface area contributed by atoms with Crippen LogP contribution >= 0.6 is 0 Å². The Balaban J connectivity index is 2.20. The van der Waals surface area contributed by atoms with Gasteiger partial charge in [-0.1, -0.05) is 6.42 Å². The minimum atomic E-state index is -3.45. The van der Waals surface area contributed by atoms with E-state index in [-0.39, 0.29) is 5.91 Å². The molecule has 0 spiro atoms. The highest BCUT2D eigenvalue weighted by Gasteiger charge is 2.42. The van der Waals surface area contributed by atoms with Crippen LogP contribution in [0, 0.1) is 0 Å². The van der Waals surface area contributed by atoms with Crippen LogP contribution in [0.3, 0.4) is 0 Å². The molecule has 1 amide bonds. The van der Waals surface area contributed by atoms with Crippen molar-refractivity contribution in [1.82, 2.24) is 9.21 Å². The summed E-state index contributed by atoms with van der Waals surface area (Å²) in [4.78, 5) is 25.0. The van der Waals surface area contributed by atoms with Crippen molar-refractivity contribution in [3.8, 4) is 0 Å². The smallest absolute Gasteiger partial charge is 0.326 e. The number of carbonyl (C=O) groups is 2. The summed E-state index contributed by atoms with van der Waals surface area (Å²) in [5, 5.41) is 9.13. The molecular formula is C12H20N2O5S. The number of carboxylic acid groups (broad SMARTS) is 1. The summed E-state index contributed by atoms with van der Waals surface area (Å²) in [5.74, 6) is -1.38. The number of piperidine rings is 1. The molecule has 2 unspecified atom stereocenters. The molecule has 2 rings (SSSR count). The Hall–Kier alpha value is -1.15. The van der Waals surface area contributed by atoms with Crippen LogP contribution in [0.15, 0.2) is 0 Å². The lowest BCUT2D eigenvalue weighted by atomic mass is 10.0. The van der Waals surface area contributed by atoms with E-state index in [1.165, 1.54) is 9.21 Å². The van der Waals surface area contributed by atoms with Crippen LogP contribution in [0.2, 0.25) is 0 Å². The highest BCUT2D eigenvalue weighted by atomic mass is 32.2. The molecule has 8 heteroatoms. The summed E-state index contributed by atoms with van der Waals surface area (Å²) < 4.78 is 24.8. The molecule has 2 atom stereocenters. The molecule has 7 nitrogen and oxygen atoms in total. The molecule has 0 saturated carbocycles. The molecule has 0 aromatic heterocycles. The van der Waals surface area contributed by atoms with E-state index in [9.17, 15) is 18.0 Å². The van der Waals surface area contributed by atoms with E-state index in [0.717, 1.165) is 19.1 Å². The second-order valence-corrected chi connectivity index (χ2v) is 7.35. The molecule has 0 bridgehead atoms. The fourth-order valence-corrected chi connectivity index (χ4v) is 4.15. The van der Waals surface area contributed by atoms with Gasteiger partial charge in [-0.05, 0) is 25.7 Å². The number of rotatable bonds is 3. The quantitative estimate of drug-likeness (QED) is 0.784. The van der Waals surface area contributed by atoms with Gasteiger partial charge in [0.25, 0.3) is 0 Å². The standard InChI is InChI=1S/C12H20N2O5S/c1-20(18,19)14-8-3-2-5-9(14)11(15)13-7-4-6-10(13)12(16)17/h9-10H,2-8H2,1H3,(H,16,17). The van der Waals surface area contributed by atoms with Gasteiger partial charge < -0.3 is 10.0 Å². The van der Waals surface area contributed by atoms with Crippen molar-refractivity contribution in [2.45, 2.75) is 44.2 Å². The molecule has 1 N–H and O–H groups in total. The Labute approximate surface area is 118 Å². The van der Waals surface area contributed by atoms with Gasteiger partial charge in [0, 0.05) is 13.1 Å². The molecule has 0 radical (unpaired) electrons. The van der Waals surface area contributed by atoms with E-state index >= 15 is 0 Å². The normalized spacial score (nSPS) is 28.6. The molecule has 2 fully saturated rings. The first-order chi connectivity index (χ1) is 9.32. The molecule has 0 aliphatic carbocycles. The number of carbonyl (C=O) groups excluding carboxylic acids is 1. The van der Waals surface area contributed by atoms with Crippen molar-refractivity contribution < 1.29 is 23.1 Å². The third kappa shape index (κ3) is 2.95. The van der Waals surface area contributed by atoms with Gasteiger partial charge in [0.1, 0.15) is 12.1 Å². The van der Waals surface area contributed by atoms with Crippen molar-refractivity contribution in [2.75, 3.05) is 19.3 Å². The van der Waals surface area contributed by atoms with E-state index < -0.39 is 28.1 Å². The van der Waals surface area contributed by atoms with Gasteiger partial charge in [0.15, 0.2) is 0 Å². The Morgan fingerprint density at radius 3 is 2.30 bits per heavy atom. The van der Waals surface area contributed by atoms with Crippen molar-refractivity contribution in [3.63, 3.8) is 0 Å². The molecule has 2 aliphatic rings. The SMILES string of the molecule is CS(=O)(=O)N1CCCCC1C(=O)N1CCCC1C(=O)O. The highest BCUT2D eigenvalue weighted by Crippen LogP contribution is 2.25. The van der Waals surface area contributed by atoms with E-state index in [0.29, 0.717) is 32.4 Å². The fourth-order valence-electron chi connectivity index (χ4n) is 3.03. The van der Waals surface area contributed by atoms with Crippen molar-refractivity contribution in [3.05, 3.63) is 0 Å². The zero-order valence-corrected chi connectivity index (χ0v) is 12.3. The van der Waals surface area contributed by atoms with Crippen LogP contribution < -0.4 is 0 Å². The zero-order chi connectivity index (χ0) is 14.9. The minimum absolute atomic E-state index is 0.334. The number of carboxylic acids is 1. The van der Waals surface area contributed by atoms with Crippen LogP contribution in [-0.4, -0.2) is 66.0 Å². The predicted molar refractivity (Wildman–Crippen MR) is 71.6 cm³/mol. The number of aliphatic carboxylic acids is 1. The van der Waals surface area contributed by atoms with Crippen molar-refractivity contribution >= 4 is 21.9 Å². The number of amides is 1. The molecule has 0 aromatic carbocycles. The van der Waals surface area contributed by atoms with Crippen molar-refractivity contribution in [2.24, 2.45) is 0 Å². The Bertz CT molecular complexity index is 504. The van der Waals surface area contributed by atoms with Gasteiger partial charge in [0.2, 0.25) is 15.9 Å². The van der Waals surface area contributed by atoms with E-state index in [4.69, 9.17) is 5.11 Å². The lowest BCUT2D eigenvalue weighted by Crippen LogP contribution is -2.54. The van der Waals surface area contributed by atoms with Crippen LogP contribution in [0.1, 0.15) is 32.1 Å². The van der Waals surface area contributed by atoms with Gasteiger partial charge in [-0.3, -0.25) is 4.79 Å². The lowest BCUT2D eigenvalue weighted by Gasteiger charge is -2.36. The van der Waals surface area contributed by atoms with Gasteiger partial charge in [-0.2, -0.15) is 4.31 Å². The maximum Gasteiger partial charge on any atom is 0.326 e.